The first-order valence-electron chi connectivity index (χ1n) is 10.5. The molecular formula is C23H24F4N4O3S. The van der Waals surface area contributed by atoms with Gasteiger partial charge in [-0.15, -0.1) is 13.2 Å². The van der Waals surface area contributed by atoms with Crippen LogP contribution in [-0.2, 0) is 16.6 Å². The molecule has 0 radical (unpaired) electrons. The number of nitrogens with zero attached hydrogens (tertiary/aromatic N) is 3. The van der Waals surface area contributed by atoms with E-state index in [0.29, 0.717) is 5.56 Å². The fourth-order valence-corrected chi connectivity index (χ4v) is 5.39. The van der Waals surface area contributed by atoms with Crippen LogP contribution in [0.15, 0.2) is 76.3 Å². The van der Waals surface area contributed by atoms with Crippen molar-refractivity contribution in [3.63, 3.8) is 0 Å². The highest BCUT2D eigenvalue weighted by atomic mass is 32.2. The number of hydrogen-bond donors (Lipinski definition) is 1. The van der Waals surface area contributed by atoms with Crippen molar-refractivity contribution in [1.29, 1.82) is 0 Å². The molecule has 0 aliphatic carbocycles. The molecule has 3 rings (SSSR count). The SMILES string of the molecule is C/C=C\C(=C/C)C(F)C1C(=NC)Nc2ncccc2CN1S(=O)(=O)c1ccccc1OC(F)(F)F. The number of benzene rings is 1. The number of allylic oxidation sites excluding steroid dienone is 3. The molecule has 0 saturated carbocycles. The van der Waals surface area contributed by atoms with Gasteiger partial charge in [-0.2, -0.15) is 4.31 Å². The van der Waals surface area contributed by atoms with Gasteiger partial charge in [0.15, 0.2) is 0 Å². The second kappa shape index (κ2) is 10.6. The highest BCUT2D eigenvalue weighted by molar-refractivity contribution is 7.89. The third-order valence-corrected chi connectivity index (χ3v) is 7.11. The number of halogens is 4. The average Bonchev–Trinajstić information content (AvgIpc) is 2.98. The summed E-state index contributed by atoms with van der Waals surface area (Å²) < 4.78 is 87.7. The predicted molar refractivity (Wildman–Crippen MR) is 124 cm³/mol. The lowest BCUT2D eigenvalue weighted by atomic mass is 10.0. The first-order valence-corrected chi connectivity index (χ1v) is 11.9. The molecule has 0 bridgehead atoms. The maximum absolute atomic E-state index is 16.1. The number of nitrogens with one attached hydrogen (secondary N) is 1. The Morgan fingerprint density at radius 1 is 1.26 bits per heavy atom. The number of amidine groups is 1. The summed E-state index contributed by atoms with van der Waals surface area (Å²) >= 11 is 0. The largest absolute Gasteiger partial charge is 0.573 e. The number of hydrogen-bond acceptors (Lipinski definition) is 5. The molecule has 1 aliphatic rings. The third kappa shape index (κ3) is 5.70. The maximum atomic E-state index is 16.1. The van der Waals surface area contributed by atoms with E-state index in [0.717, 1.165) is 16.4 Å². The molecule has 35 heavy (non-hydrogen) atoms. The summed E-state index contributed by atoms with van der Waals surface area (Å²) in [5.74, 6) is -0.722. The van der Waals surface area contributed by atoms with Crippen LogP contribution in [0.3, 0.4) is 0 Å². The number of fused-ring (bicyclic) bond motifs is 1. The van der Waals surface area contributed by atoms with Gasteiger partial charge in [-0.1, -0.05) is 36.4 Å². The van der Waals surface area contributed by atoms with E-state index < -0.39 is 39.2 Å². The zero-order valence-corrected chi connectivity index (χ0v) is 19.9. The van der Waals surface area contributed by atoms with Gasteiger partial charge in [0.05, 0.1) is 0 Å². The smallest absolute Gasteiger partial charge is 0.404 e. The van der Waals surface area contributed by atoms with Crippen molar-refractivity contribution in [2.24, 2.45) is 4.99 Å². The number of aliphatic imine (C=N–C) groups is 1. The summed E-state index contributed by atoms with van der Waals surface area (Å²) in [5, 5.41) is 2.90. The first kappa shape index (κ1) is 26.4. The van der Waals surface area contributed by atoms with E-state index in [2.05, 4.69) is 20.0 Å². The van der Waals surface area contributed by atoms with E-state index in [1.54, 1.807) is 32.1 Å². The van der Waals surface area contributed by atoms with E-state index in [1.807, 2.05) is 0 Å². The number of sulfonamides is 1. The molecule has 0 saturated heterocycles. The van der Waals surface area contributed by atoms with Gasteiger partial charge in [0.1, 0.15) is 34.5 Å². The minimum Gasteiger partial charge on any atom is -0.404 e. The summed E-state index contributed by atoms with van der Waals surface area (Å²) in [4.78, 5) is 7.51. The molecule has 1 N–H and O–H groups in total. The van der Waals surface area contributed by atoms with Gasteiger partial charge in [0, 0.05) is 25.4 Å². The fourth-order valence-electron chi connectivity index (χ4n) is 3.70. The van der Waals surface area contributed by atoms with Gasteiger partial charge < -0.3 is 10.1 Å². The number of para-hydroxylation sites is 1. The molecule has 1 aliphatic heterocycles. The second-order valence-electron chi connectivity index (χ2n) is 7.43. The van der Waals surface area contributed by atoms with Crippen molar-refractivity contribution in [2.75, 3.05) is 12.4 Å². The Labute approximate surface area is 200 Å². The van der Waals surface area contributed by atoms with E-state index in [4.69, 9.17) is 0 Å². The van der Waals surface area contributed by atoms with Crippen molar-refractivity contribution in [1.82, 2.24) is 9.29 Å². The molecule has 2 atom stereocenters. The monoisotopic (exact) mass is 512 g/mol. The molecule has 0 fully saturated rings. The lowest BCUT2D eigenvalue weighted by Crippen LogP contribution is -2.51. The summed E-state index contributed by atoms with van der Waals surface area (Å²) in [5.41, 5.74) is 0.550. The summed E-state index contributed by atoms with van der Waals surface area (Å²) in [6.07, 6.45) is -1.02. The van der Waals surface area contributed by atoms with Crippen LogP contribution in [-0.4, -0.2) is 49.2 Å². The number of ether oxygens (including phenoxy) is 1. The van der Waals surface area contributed by atoms with Gasteiger partial charge in [0.25, 0.3) is 0 Å². The van der Waals surface area contributed by atoms with E-state index in [9.17, 15) is 21.6 Å². The zero-order valence-electron chi connectivity index (χ0n) is 19.1. The topological polar surface area (TPSA) is 83.9 Å². The number of anilines is 1. The van der Waals surface area contributed by atoms with Crippen molar-refractivity contribution in [3.8, 4) is 5.75 Å². The molecule has 0 amide bonds. The molecule has 188 valence electrons. The summed E-state index contributed by atoms with van der Waals surface area (Å²) in [7, 11) is -3.40. The van der Waals surface area contributed by atoms with Crippen LogP contribution in [0.25, 0.3) is 0 Å². The van der Waals surface area contributed by atoms with E-state index in [1.165, 1.54) is 37.5 Å². The fraction of sp³-hybridized carbons (Fsp3) is 0.304. The summed E-state index contributed by atoms with van der Waals surface area (Å²) in [6, 6.07) is 5.95. The van der Waals surface area contributed by atoms with Crippen LogP contribution in [0.4, 0.5) is 23.4 Å². The lowest BCUT2D eigenvalue weighted by molar-refractivity contribution is -0.275. The van der Waals surface area contributed by atoms with E-state index in [-0.39, 0.29) is 23.8 Å². The zero-order chi connectivity index (χ0) is 25.8. The van der Waals surface area contributed by atoms with Crippen molar-refractivity contribution in [2.45, 2.75) is 43.9 Å². The van der Waals surface area contributed by atoms with Gasteiger partial charge in [-0.25, -0.2) is 17.8 Å². The van der Waals surface area contributed by atoms with Crippen molar-refractivity contribution in [3.05, 3.63) is 72.0 Å². The van der Waals surface area contributed by atoms with Crippen LogP contribution in [0.2, 0.25) is 0 Å². The number of alkyl halides is 4. The highest BCUT2D eigenvalue weighted by Crippen LogP contribution is 2.36. The van der Waals surface area contributed by atoms with Crippen LogP contribution in [0.1, 0.15) is 19.4 Å². The number of aromatic nitrogens is 1. The number of pyridine rings is 1. The minimum atomic E-state index is -5.13. The van der Waals surface area contributed by atoms with Gasteiger partial charge in [-0.3, -0.25) is 4.99 Å². The Kier molecular flexibility index (Phi) is 7.96. The molecule has 1 aromatic carbocycles. The van der Waals surface area contributed by atoms with Crippen LogP contribution < -0.4 is 10.1 Å². The molecule has 2 heterocycles. The predicted octanol–water partition coefficient (Wildman–Crippen LogP) is 4.85. The molecule has 2 aromatic rings. The average molecular weight is 513 g/mol. The molecule has 7 nitrogen and oxygen atoms in total. The van der Waals surface area contributed by atoms with Gasteiger partial charge in [-0.05, 0) is 37.6 Å². The molecule has 1 aromatic heterocycles. The van der Waals surface area contributed by atoms with Crippen molar-refractivity contribution < 1.29 is 30.7 Å². The Morgan fingerprint density at radius 2 is 1.97 bits per heavy atom. The maximum Gasteiger partial charge on any atom is 0.573 e. The first-order chi connectivity index (χ1) is 16.5. The Bertz CT molecular complexity index is 1260. The minimum absolute atomic E-state index is 0.0587. The number of rotatable bonds is 6. The van der Waals surface area contributed by atoms with Crippen LogP contribution >= 0.6 is 0 Å². The second-order valence-corrected chi connectivity index (χ2v) is 9.28. The molecule has 2 unspecified atom stereocenters. The molecule has 12 heteroatoms. The van der Waals surface area contributed by atoms with Gasteiger partial charge >= 0.3 is 6.36 Å². The lowest BCUT2D eigenvalue weighted by Gasteiger charge is -2.32. The Hall–Kier alpha value is -3.25. The van der Waals surface area contributed by atoms with Crippen LogP contribution in [0, 0.1) is 0 Å². The summed E-state index contributed by atoms with van der Waals surface area (Å²) in [6.45, 7) is 2.89. The highest BCUT2D eigenvalue weighted by Gasteiger charge is 2.45. The third-order valence-electron chi connectivity index (χ3n) is 5.24. The Balaban J connectivity index is 2.25. The van der Waals surface area contributed by atoms with Crippen LogP contribution in [0.5, 0.6) is 5.75 Å². The quantitative estimate of drug-likeness (QED) is 0.442. The van der Waals surface area contributed by atoms with Gasteiger partial charge in [0.2, 0.25) is 10.0 Å². The molecule has 0 spiro atoms. The normalized spacial score (nSPS) is 19.8. The molecular weight excluding hydrogens is 488 g/mol. The van der Waals surface area contributed by atoms with E-state index >= 15 is 4.39 Å². The Morgan fingerprint density at radius 3 is 2.60 bits per heavy atom. The van der Waals surface area contributed by atoms with Crippen molar-refractivity contribution >= 4 is 21.7 Å². The standard InChI is InChI=1S/C23H24F4N4O3S/c1-4-9-15(5-2)19(24)20-22(28-3)30-21-16(10-8-13-29-21)14-31(20)35(32,33)18-12-7-6-11-17(18)34-23(25,26)27/h4-13,19-20H,14H2,1-3H3,(H,28,29,30)/b9-4-,15-5+.